The summed E-state index contributed by atoms with van der Waals surface area (Å²) in [6.45, 7) is 0. The molecule has 0 unspecified atom stereocenters. The molecule has 5 nitrogen and oxygen atoms in total. The number of aromatic hydroxyl groups is 1. The summed E-state index contributed by atoms with van der Waals surface area (Å²) in [5.41, 5.74) is 5.80. The Labute approximate surface area is 73.4 Å². The molecule has 0 aliphatic rings. The van der Waals surface area contributed by atoms with Crippen molar-refractivity contribution < 1.29 is 9.90 Å². The van der Waals surface area contributed by atoms with Crippen molar-refractivity contribution in [2.75, 3.05) is 0 Å². The molecule has 0 saturated carbocycles. The van der Waals surface area contributed by atoms with Crippen LogP contribution in [0.3, 0.4) is 0 Å². The van der Waals surface area contributed by atoms with E-state index in [9.17, 15) is 4.79 Å². The van der Waals surface area contributed by atoms with Gasteiger partial charge < -0.3 is 15.2 Å². The predicted molar refractivity (Wildman–Crippen MR) is 45.4 cm³/mol. The van der Waals surface area contributed by atoms with Gasteiger partial charge in [0.25, 0.3) is 5.91 Å². The smallest absolute Gasteiger partial charge is 0.268 e. The number of fused-ring (bicyclic) bond motifs is 1. The molecule has 2 heterocycles. The van der Waals surface area contributed by atoms with Gasteiger partial charge in [-0.3, -0.25) is 4.79 Å². The maximum Gasteiger partial charge on any atom is 0.268 e. The summed E-state index contributed by atoms with van der Waals surface area (Å²) in [6, 6.07) is 3.09. The maximum atomic E-state index is 10.7. The number of carbonyl (C=O) groups is 1. The van der Waals surface area contributed by atoms with Crippen LogP contribution in [0.25, 0.3) is 5.65 Å². The van der Waals surface area contributed by atoms with Crippen molar-refractivity contribution in [1.29, 1.82) is 0 Å². The lowest BCUT2D eigenvalue weighted by atomic mass is 10.4. The number of primary amides is 1. The van der Waals surface area contributed by atoms with Crippen LogP contribution >= 0.6 is 0 Å². The fourth-order valence-corrected chi connectivity index (χ4v) is 1.10. The second kappa shape index (κ2) is 2.48. The number of rotatable bonds is 1. The van der Waals surface area contributed by atoms with Crippen LogP contribution in [0.15, 0.2) is 24.5 Å². The summed E-state index contributed by atoms with van der Waals surface area (Å²) < 4.78 is 1.54. The lowest BCUT2D eigenvalue weighted by molar-refractivity contribution is 0.0996. The Hall–Kier alpha value is -2.04. The van der Waals surface area contributed by atoms with Gasteiger partial charge in [-0.25, -0.2) is 4.98 Å². The SMILES string of the molecule is NC(=O)c1cn2cc(O)ccc2n1. The Morgan fingerprint density at radius 2 is 2.23 bits per heavy atom. The molecule has 5 heteroatoms. The number of carbonyl (C=O) groups excluding carboxylic acids is 1. The molecule has 1 amide bonds. The van der Waals surface area contributed by atoms with E-state index in [0.29, 0.717) is 5.65 Å². The maximum absolute atomic E-state index is 10.7. The monoisotopic (exact) mass is 177 g/mol. The molecule has 0 aliphatic heterocycles. The molecule has 0 saturated heterocycles. The molecule has 0 radical (unpaired) electrons. The van der Waals surface area contributed by atoms with Gasteiger partial charge in [-0.05, 0) is 12.1 Å². The molecule has 0 bridgehead atoms. The van der Waals surface area contributed by atoms with Crippen LogP contribution in [0.4, 0.5) is 0 Å². The number of pyridine rings is 1. The molecule has 13 heavy (non-hydrogen) atoms. The summed E-state index contributed by atoms with van der Waals surface area (Å²) in [4.78, 5) is 14.7. The second-order valence-electron chi connectivity index (χ2n) is 2.64. The lowest BCUT2D eigenvalue weighted by Crippen LogP contribution is -2.10. The van der Waals surface area contributed by atoms with E-state index in [1.807, 2.05) is 0 Å². The van der Waals surface area contributed by atoms with E-state index < -0.39 is 5.91 Å². The molecular formula is C8H7N3O2. The van der Waals surface area contributed by atoms with Gasteiger partial charge in [-0.15, -0.1) is 0 Å². The molecular weight excluding hydrogens is 170 g/mol. The lowest BCUT2D eigenvalue weighted by Gasteiger charge is -1.92. The van der Waals surface area contributed by atoms with Crippen molar-refractivity contribution in [2.45, 2.75) is 0 Å². The van der Waals surface area contributed by atoms with Gasteiger partial charge in [-0.2, -0.15) is 0 Å². The van der Waals surface area contributed by atoms with Crippen LogP contribution in [-0.4, -0.2) is 20.4 Å². The van der Waals surface area contributed by atoms with E-state index in [1.165, 1.54) is 22.9 Å². The fourth-order valence-electron chi connectivity index (χ4n) is 1.10. The molecule has 0 aromatic carbocycles. The van der Waals surface area contributed by atoms with Gasteiger partial charge in [0.1, 0.15) is 17.1 Å². The number of imidazole rings is 1. The Morgan fingerprint density at radius 3 is 2.92 bits per heavy atom. The highest BCUT2D eigenvalue weighted by Gasteiger charge is 2.05. The molecule has 3 N–H and O–H groups in total. The molecule has 0 aliphatic carbocycles. The summed E-state index contributed by atoms with van der Waals surface area (Å²) in [5, 5.41) is 9.11. The van der Waals surface area contributed by atoms with Crippen LogP contribution < -0.4 is 5.73 Å². The number of nitrogens with two attached hydrogens (primary N) is 1. The van der Waals surface area contributed by atoms with Gasteiger partial charge in [0.15, 0.2) is 0 Å². The number of hydrogen-bond acceptors (Lipinski definition) is 3. The van der Waals surface area contributed by atoms with E-state index in [4.69, 9.17) is 10.8 Å². The van der Waals surface area contributed by atoms with Crippen molar-refractivity contribution in [3.8, 4) is 5.75 Å². The van der Waals surface area contributed by atoms with Crippen molar-refractivity contribution >= 4 is 11.6 Å². The Bertz CT molecular complexity index is 475. The van der Waals surface area contributed by atoms with Crippen LogP contribution in [0, 0.1) is 0 Å². The topological polar surface area (TPSA) is 80.6 Å². The first kappa shape index (κ1) is 7.60. The zero-order valence-electron chi connectivity index (χ0n) is 6.64. The first-order valence-corrected chi connectivity index (χ1v) is 3.64. The third-order valence-electron chi connectivity index (χ3n) is 1.69. The number of aromatic nitrogens is 2. The standard InChI is InChI=1S/C8H7N3O2/c9-8(13)6-4-11-3-5(12)1-2-7(11)10-6/h1-4,12H,(H2,9,13). The average Bonchev–Trinajstić information content (AvgIpc) is 2.46. The third kappa shape index (κ3) is 1.20. The number of nitrogens with zero attached hydrogens (tertiary/aromatic N) is 2. The molecule has 2 aromatic heterocycles. The first-order chi connectivity index (χ1) is 6.16. The van der Waals surface area contributed by atoms with Crippen LogP contribution in [0.2, 0.25) is 0 Å². The van der Waals surface area contributed by atoms with Crippen LogP contribution in [0.1, 0.15) is 10.5 Å². The second-order valence-corrected chi connectivity index (χ2v) is 2.64. The van der Waals surface area contributed by atoms with Crippen LogP contribution in [-0.2, 0) is 0 Å². The first-order valence-electron chi connectivity index (χ1n) is 3.64. The van der Waals surface area contributed by atoms with Crippen molar-refractivity contribution in [3.63, 3.8) is 0 Å². The van der Waals surface area contributed by atoms with E-state index in [0.717, 1.165) is 0 Å². The number of amides is 1. The zero-order chi connectivity index (χ0) is 9.42. The van der Waals surface area contributed by atoms with Gasteiger partial charge in [-0.1, -0.05) is 0 Å². The van der Waals surface area contributed by atoms with Gasteiger partial charge in [0.2, 0.25) is 0 Å². The van der Waals surface area contributed by atoms with Gasteiger partial charge in [0, 0.05) is 6.20 Å². The molecule has 2 aromatic rings. The molecule has 2 rings (SSSR count). The minimum atomic E-state index is -0.580. The normalized spacial score (nSPS) is 10.5. The summed E-state index contributed by atoms with van der Waals surface area (Å²) in [6.07, 6.45) is 2.92. The summed E-state index contributed by atoms with van der Waals surface area (Å²) in [5.74, 6) is -0.468. The number of hydrogen-bond donors (Lipinski definition) is 2. The summed E-state index contributed by atoms with van der Waals surface area (Å²) >= 11 is 0. The molecule has 0 atom stereocenters. The highest BCUT2D eigenvalue weighted by molar-refractivity contribution is 5.91. The van der Waals surface area contributed by atoms with E-state index >= 15 is 0 Å². The Balaban J connectivity index is 2.68. The average molecular weight is 177 g/mol. The van der Waals surface area contributed by atoms with E-state index in [1.54, 1.807) is 6.07 Å². The summed E-state index contributed by atoms with van der Waals surface area (Å²) in [7, 11) is 0. The quantitative estimate of drug-likeness (QED) is 0.650. The largest absolute Gasteiger partial charge is 0.506 e. The fraction of sp³-hybridized carbons (Fsp3) is 0. The van der Waals surface area contributed by atoms with Crippen molar-refractivity contribution in [1.82, 2.24) is 9.38 Å². The Kier molecular flexibility index (Phi) is 1.45. The molecule has 0 spiro atoms. The predicted octanol–water partition coefficient (Wildman–Crippen LogP) is 0.139. The third-order valence-corrected chi connectivity index (χ3v) is 1.69. The minimum Gasteiger partial charge on any atom is -0.506 e. The highest BCUT2D eigenvalue weighted by Crippen LogP contribution is 2.11. The highest BCUT2D eigenvalue weighted by atomic mass is 16.3. The van der Waals surface area contributed by atoms with Crippen molar-refractivity contribution in [2.24, 2.45) is 5.73 Å². The van der Waals surface area contributed by atoms with Gasteiger partial charge >= 0.3 is 0 Å². The van der Waals surface area contributed by atoms with Crippen molar-refractivity contribution in [3.05, 3.63) is 30.2 Å². The minimum absolute atomic E-state index is 0.112. The molecule has 0 fully saturated rings. The molecule has 66 valence electrons. The van der Waals surface area contributed by atoms with Gasteiger partial charge in [0.05, 0.1) is 6.20 Å². The van der Waals surface area contributed by atoms with E-state index in [-0.39, 0.29) is 11.4 Å². The van der Waals surface area contributed by atoms with Crippen LogP contribution in [0.5, 0.6) is 5.75 Å². The Morgan fingerprint density at radius 1 is 1.46 bits per heavy atom. The zero-order valence-corrected chi connectivity index (χ0v) is 6.64. The van der Waals surface area contributed by atoms with E-state index in [2.05, 4.69) is 4.98 Å².